The zero-order valence-electron chi connectivity index (χ0n) is 30.9. The molecule has 6 N–H and O–H groups in total. The molecule has 6 aromatic rings. The van der Waals surface area contributed by atoms with Crippen molar-refractivity contribution in [2.45, 2.75) is 21.1 Å². The maximum absolute atomic E-state index is 12.5. The second-order valence-electron chi connectivity index (χ2n) is 12.5. The number of nitrogen functional groups attached to an aromatic ring is 1. The monoisotopic (exact) mass is 890 g/mol. The molecule has 6 rings (SSSR count). The van der Waals surface area contributed by atoms with Gasteiger partial charge in [-0.2, -0.15) is 36.9 Å². The molecule has 0 saturated heterocycles. The largest absolute Gasteiger partial charge is 0.505 e. The molecule has 0 fully saturated rings. The lowest BCUT2D eigenvalue weighted by atomic mass is 10.1. The van der Waals surface area contributed by atoms with Crippen molar-refractivity contribution in [2.24, 2.45) is 20.5 Å². The second kappa shape index (κ2) is 16.9. The average molecular weight is 891 g/mol. The van der Waals surface area contributed by atoms with Crippen molar-refractivity contribution in [1.29, 1.82) is 0 Å². The number of nitrogens with one attached hydrogen (secondary N) is 1. The molecule has 0 aliphatic rings. The average Bonchev–Trinajstić information content (AvgIpc) is 3.19. The topological polar surface area (TPSA) is 293 Å². The van der Waals surface area contributed by atoms with Crippen molar-refractivity contribution >= 4 is 104 Å². The molecular formula is C37H31ClN10O9S3. The van der Waals surface area contributed by atoms with E-state index in [1.807, 2.05) is 0 Å². The number of rotatable bonds is 14. The predicted octanol–water partition coefficient (Wildman–Crippen LogP) is 8.45. The highest BCUT2D eigenvalue weighted by Gasteiger charge is 2.24. The molecule has 0 unspecified atom stereocenters. The summed E-state index contributed by atoms with van der Waals surface area (Å²) in [6.07, 6.45) is 1.85. The van der Waals surface area contributed by atoms with Gasteiger partial charge in [-0.1, -0.05) is 36.9 Å². The first-order valence-electron chi connectivity index (χ1n) is 16.9. The van der Waals surface area contributed by atoms with Crippen LogP contribution >= 0.6 is 11.6 Å². The Bertz CT molecular complexity index is 3130. The van der Waals surface area contributed by atoms with Crippen LogP contribution in [0.15, 0.2) is 145 Å². The summed E-state index contributed by atoms with van der Waals surface area (Å²) in [4.78, 5) is 12.8. The number of hydrogen-bond acceptors (Lipinski definition) is 17. The van der Waals surface area contributed by atoms with Gasteiger partial charge in [-0.25, -0.2) is 8.42 Å². The van der Waals surface area contributed by atoms with Crippen LogP contribution in [0.3, 0.4) is 0 Å². The van der Waals surface area contributed by atoms with Crippen molar-refractivity contribution in [3.8, 4) is 5.75 Å². The molecule has 0 atom stereocenters. The van der Waals surface area contributed by atoms with E-state index in [1.54, 1.807) is 43.5 Å². The van der Waals surface area contributed by atoms with Gasteiger partial charge in [-0.05, 0) is 89.6 Å². The van der Waals surface area contributed by atoms with Crippen LogP contribution in [0.2, 0.25) is 5.28 Å². The van der Waals surface area contributed by atoms with Crippen molar-refractivity contribution < 1.29 is 39.5 Å². The van der Waals surface area contributed by atoms with E-state index >= 15 is 0 Å². The quantitative estimate of drug-likeness (QED) is 0.0297. The number of nitrogens with zero attached hydrogens (tertiary/aromatic N) is 8. The molecule has 1 aromatic heterocycles. The van der Waals surface area contributed by atoms with Crippen LogP contribution in [0.25, 0.3) is 10.8 Å². The summed E-state index contributed by atoms with van der Waals surface area (Å²) < 4.78 is 93.8. The van der Waals surface area contributed by atoms with Gasteiger partial charge in [0, 0.05) is 23.8 Å². The lowest BCUT2D eigenvalue weighted by molar-refractivity contribution is 0.472. The van der Waals surface area contributed by atoms with Crippen molar-refractivity contribution in [1.82, 2.24) is 15.0 Å². The Morgan fingerprint density at radius 3 is 2.22 bits per heavy atom. The fraction of sp³-hybridized carbons (Fsp3) is 0.0541. The minimum absolute atomic E-state index is 0.00289. The smallest absolute Gasteiger partial charge is 0.296 e. The highest BCUT2D eigenvalue weighted by atomic mass is 35.5. The minimum atomic E-state index is -5.01. The Morgan fingerprint density at radius 1 is 0.817 bits per heavy atom. The zero-order valence-corrected chi connectivity index (χ0v) is 34.1. The number of allylic oxidation sites excluding steroid dienone is 1. The molecule has 23 heteroatoms. The molecule has 0 spiro atoms. The fourth-order valence-electron chi connectivity index (χ4n) is 5.59. The van der Waals surface area contributed by atoms with Crippen molar-refractivity contribution in [3.05, 3.63) is 120 Å². The van der Waals surface area contributed by atoms with E-state index in [9.17, 15) is 39.5 Å². The molecular weight excluding hydrogens is 860 g/mol. The Labute approximate surface area is 347 Å². The summed E-state index contributed by atoms with van der Waals surface area (Å²) in [5.74, 6) is -0.774. The number of nitrogens with two attached hydrogens (primary N) is 1. The highest BCUT2D eigenvalue weighted by molar-refractivity contribution is 7.94. The summed E-state index contributed by atoms with van der Waals surface area (Å²) >= 11 is 6.22. The summed E-state index contributed by atoms with van der Waals surface area (Å²) in [6.45, 7) is 6.96. The summed E-state index contributed by atoms with van der Waals surface area (Å²) in [7, 11) is -11.9. The molecule has 1 heterocycles. The highest BCUT2D eigenvalue weighted by Crippen LogP contribution is 2.46. The molecule has 308 valence electrons. The molecule has 0 saturated carbocycles. The van der Waals surface area contributed by atoms with E-state index < -0.39 is 51.3 Å². The predicted molar refractivity (Wildman–Crippen MR) is 225 cm³/mol. The van der Waals surface area contributed by atoms with Gasteiger partial charge in [0.15, 0.2) is 15.6 Å². The van der Waals surface area contributed by atoms with Gasteiger partial charge in [0.05, 0.1) is 21.7 Å². The second-order valence-corrected chi connectivity index (χ2v) is 17.5. The first-order valence-corrected chi connectivity index (χ1v) is 21.7. The zero-order chi connectivity index (χ0) is 43.6. The van der Waals surface area contributed by atoms with Gasteiger partial charge in [0.25, 0.3) is 20.2 Å². The standard InChI is InChI=1S/C37H31ClN10O9S3/c1-4-8-21-13-15-27(29(17-21)59(52,53)54)45-46-28-16-14-22-18-30(60(55,56)57)33(34(49)31(22)32(28)39)47-44-24-10-6-9-23(19-24)40-36-41-35(38)42-37(43-36)48(3)25-11-7-12-26(20-25)58(50,51)5-2/h4-7,9-20,49H,1-2,8,39H2,3H3,(H,52,53,54)(H,55,56,57)(H,40,41,42,43). The van der Waals surface area contributed by atoms with E-state index in [0.717, 1.165) is 11.5 Å². The molecule has 5 aromatic carbocycles. The number of halogens is 1. The van der Waals surface area contributed by atoms with Crippen molar-refractivity contribution in [3.63, 3.8) is 0 Å². The number of azo groups is 2. The number of benzene rings is 5. The van der Waals surface area contributed by atoms with Crippen LogP contribution < -0.4 is 16.0 Å². The van der Waals surface area contributed by atoms with Crippen LogP contribution in [0.1, 0.15) is 5.56 Å². The van der Waals surface area contributed by atoms with Crippen LogP contribution in [-0.2, 0) is 36.5 Å². The minimum Gasteiger partial charge on any atom is -0.505 e. The van der Waals surface area contributed by atoms with Gasteiger partial charge < -0.3 is 21.1 Å². The summed E-state index contributed by atoms with van der Waals surface area (Å²) in [5, 5.41) is 30.9. The number of hydrogen-bond donors (Lipinski definition) is 5. The third-order valence-electron chi connectivity index (χ3n) is 8.48. The molecule has 0 bridgehead atoms. The fourth-order valence-corrected chi connectivity index (χ4v) is 7.83. The normalized spacial score (nSPS) is 12.3. The maximum atomic E-state index is 12.5. The van der Waals surface area contributed by atoms with Gasteiger partial charge >= 0.3 is 0 Å². The van der Waals surface area contributed by atoms with Crippen LogP contribution in [-0.4, -0.2) is 61.5 Å². The molecule has 0 amide bonds. The Morgan fingerprint density at radius 2 is 1.52 bits per heavy atom. The Hall–Kier alpha value is -6.69. The number of anilines is 5. The molecule has 60 heavy (non-hydrogen) atoms. The van der Waals surface area contributed by atoms with Gasteiger partial charge in [0.2, 0.25) is 17.2 Å². The summed E-state index contributed by atoms with van der Waals surface area (Å²) in [6, 6.07) is 19.8. The molecule has 0 aliphatic carbocycles. The third-order valence-corrected chi connectivity index (χ3v) is 11.7. The van der Waals surface area contributed by atoms with E-state index in [1.165, 1.54) is 53.4 Å². The number of fused-ring (bicyclic) bond motifs is 1. The Balaban J connectivity index is 1.32. The van der Waals surface area contributed by atoms with Crippen molar-refractivity contribution in [2.75, 3.05) is 23.0 Å². The third kappa shape index (κ3) is 9.44. The number of aromatic hydroxyl groups is 1. The van der Waals surface area contributed by atoms with E-state index in [4.69, 9.17) is 17.3 Å². The van der Waals surface area contributed by atoms with Crippen LogP contribution in [0, 0.1) is 0 Å². The maximum Gasteiger partial charge on any atom is 0.296 e. The number of sulfone groups is 1. The Kier molecular flexibility index (Phi) is 12.1. The van der Waals surface area contributed by atoms with Gasteiger partial charge in [0.1, 0.15) is 26.9 Å². The molecule has 19 nitrogen and oxygen atoms in total. The first kappa shape index (κ1) is 42.9. The SMILES string of the molecule is C=CCc1ccc(N=Nc2ccc3cc(S(=O)(=O)O)c(N=Nc4cccc(Nc5nc(Cl)nc(N(C)c6cccc(S(=O)(=O)C=C)c6)n5)c4)c(O)c3c2N)c(S(=O)(=O)O)c1. The van der Waals surface area contributed by atoms with E-state index in [-0.39, 0.29) is 55.6 Å². The van der Waals surface area contributed by atoms with Gasteiger partial charge in [-0.15, -0.1) is 21.9 Å². The molecule has 0 radical (unpaired) electrons. The summed E-state index contributed by atoms with van der Waals surface area (Å²) in [5.41, 5.74) is 6.53. The van der Waals surface area contributed by atoms with E-state index in [2.05, 4.69) is 53.9 Å². The number of phenolic OH excluding ortho intramolecular Hbond substituents is 1. The lowest BCUT2D eigenvalue weighted by Crippen LogP contribution is -2.15. The lowest BCUT2D eigenvalue weighted by Gasteiger charge is -2.18. The van der Waals surface area contributed by atoms with E-state index in [0.29, 0.717) is 23.4 Å². The first-order chi connectivity index (χ1) is 28.3. The van der Waals surface area contributed by atoms with Gasteiger partial charge in [-0.3, -0.25) is 9.11 Å². The van der Waals surface area contributed by atoms with Crippen LogP contribution in [0.4, 0.5) is 51.7 Å². The molecule has 0 aliphatic heterocycles. The van der Waals surface area contributed by atoms with Crippen LogP contribution in [0.5, 0.6) is 5.75 Å². The number of aromatic nitrogens is 3. The number of phenols is 1.